The van der Waals surface area contributed by atoms with Crippen LogP contribution >= 0.6 is 0 Å². The van der Waals surface area contributed by atoms with E-state index >= 15 is 0 Å². The minimum Gasteiger partial charge on any atom is -0.508 e. The number of benzene rings is 4. The van der Waals surface area contributed by atoms with Gasteiger partial charge in [-0.1, -0.05) is 18.2 Å². The van der Waals surface area contributed by atoms with Gasteiger partial charge in [-0.25, -0.2) is 0 Å². The van der Waals surface area contributed by atoms with Crippen molar-refractivity contribution in [3.8, 4) is 40.2 Å². The minimum absolute atomic E-state index is 0.160. The SMILES string of the molecule is COc1cc2c(cc1OC)[C@@H](Cc1ccc(OC)c(Oc3cc4c(cc3OC)CCN(C)[C@@H]4Cc3ccc(O)cc3)c1)N(C)CC2. The summed E-state index contributed by atoms with van der Waals surface area (Å²) in [5.74, 6) is 4.43. The highest BCUT2D eigenvalue weighted by Crippen LogP contribution is 2.44. The van der Waals surface area contributed by atoms with Crippen LogP contribution in [-0.4, -0.2) is 70.5 Å². The third-order valence-corrected chi connectivity index (χ3v) is 9.56. The Morgan fingerprint density at radius 2 is 1.02 bits per heavy atom. The summed E-state index contributed by atoms with van der Waals surface area (Å²) in [5, 5.41) is 9.79. The summed E-state index contributed by atoms with van der Waals surface area (Å²) >= 11 is 0. The first kappa shape index (κ1) is 31.6. The number of fused-ring (bicyclic) bond motifs is 2. The lowest BCUT2D eigenvalue weighted by molar-refractivity contribution is 0.227. The van der Waals surface area contributed by atoms with E-state index in [0.29, 0.717) is 23.0 Å². The van der Waals surface area contributed by atoms with Gasteiger partial charge < -0.3 is 28.8 Å². The molecule has 0 amide bonds. The van der Waals surface area contributed by atoms with Crippen LogP contribution in [0.4, 0.5) is 0 Å². The average Bonchev–Trinajstić information content (AvgIpc) is 3.07. The van der Waals surface area contributed by atoms with Crippen LogP contribution in [0.3, 0.4) is 0 Å². The van der Waals surface area contributed by atoms with Gasteiger partial charge in [0.1, 0.15) is 5.75 Å². The van der Waals surface area contributed by atoms with Crippen LogP contribution in [0.25, 0.3) is 0 Å². The molecule has 0 saturated heterocycles. The van der Waals surface area contributed by atoms with E-state index < -0.39 is 0 Å². The highest BCUT2D eigenvalue weighted by atomic mass is 16.5. The van der Waals surface area contributed by atoms with E-state index in [4.69, 9.17) is 23.7 Å². The molecule has 8 nitrogen and oxygen atoms in total. The normalized spacial score (nSPS) is 18.0. The molecule has 0 bridgehead atoms. The van der Waals surface area contributed by atoms with Gasteiger partial charge >= 0.3 is 0 Å². The van der Waals surface area contributed by atoms with Gasteiger partial charge in [-0.05, 0) is 122 Å². The highest BCUT2D eigenvalue weighted by Gasteiger charge is 2.29. The van der Waals surface area contributed by atoms with Crippen LogP contribution in [0.2, 0.25) is 0 Å². The van der Waals surface area contributed by atoms with E-state index in [1.807, 2.05) is 18.2 Å². The van der Waals surface area contributed by atoms with Crippen molar-refractivity contribution in [3.05, 3.63) is 100 Å². The van der Waals surface area contributed by atoms with Gasteiger partial charge in [0.15, 0.2) is 34.5 Å². The largest absolute Gasteiger partial charge is 0.508 e. The molecule has 0 aromatic heterocycles. The first-order valence-electron chi connectivity index (χ1n) is 15.8. The Morgan fingerprint density at radius 1 is 0.565 bits per heavy atom. The topological polar surface area (TPSA) is 72.9 Å². The van der Waals surface area contributed by atoms with Crippen molar-refractivity contribution in [1.29, 1.82) is 0 Å². The van der Waals surface area contributed by atoms with E-state index in [2.05, 4.69) is 60.3 Å². The molecule has 4 aromatic carbocycles. The number of aromatic hydroxyl groups is 1. The lowest BCUT2D eigenvalue weighted by atomic mass is 9.88. The second kappa shape index (κ2) is 13.5. The molecule has 0 fully saturated rings. The molecule has 0 saturated carbocycles. The molecular weight excluding hydrogens is 580 g/mol. The smallest absolute Gasteiger partial charge is 0.169 e. The highest BCUT2D eigenvalue weighted by molar-refractivity contribution is 5.54. The van der Waals surface area contributed by atoms with Crippen molar-refractivity contribution >= 4 is 0 Å². The molecule has 1 N–H and O–H groups in total. The Hall–Kier alpha value is -4.40. The number of methoxy groups -OCH3 is 4. The summed E-state index contributed by atoms with van der Waals surface area (Å²) in [7, 11) is 11.1. The summed E-state index contributed by atoms with van der Waals surface area (Å²) < 4.78 is 29.6. The first-order chi connectivity index (χ1) is 22.3. The van der Waals surface area contributed by atoms with E-state index in [9.17, 15) is 5.11 Å². The fourth-order valence-corrected chi connectivity index (χ4v) is 6.88. The molecule has 0 unspecified atom stereocenters. The number of phenolic OH excluding ortho intramolecular Hbond substituents is 1. The fraction of sp³-hybridized carbons (Fsp3) is 0.368. The first-order valence-corrected chi connectivity index (χ1v) is 15.8. The Bertz CT molecular complexity index is 1690. The molecule has 242 valence electrons. The zero-order valence-corrected chi connectivity index (χ0v) is 27.6. The summed E-state index contributed by atoms with van der Waals surface area (Å²) in [6, 6.07) is 22.5. The molecule has 0 radical (unpaired) electrons. The minimum atomic E-state index is 0.160. The lowest BCUT2D eigenvalue weighted by Crippen LogP contribution is -2.33. The zero-order valence-electron chi connectivity index (χ0n) is 27.6. The van der Waals surface area contributed by atoms with Gasteiger partial charge in [0.2, 0.25) is 0 Å². The quantitative estimate of drug-likeness (QED) is 0.208. The second-order valence-electron chi connectivity index (χ2n) is 12.3. The number of hydrogen-bond donors (Lipinski definition) is 1. The van der Waals surface area contributed by atoms with Crippen LogP contribution < -0.4 is 23.7 Å². The lowest BCUT2D eigenvalue weighted by Gasteiger charge is -2.35. The molecule has 0 spiro atoms. The molecule has 4 aromatic rings. The van der Waals surface area contributed by atoms with Crippen LogP contribution in [0, 0.1) is 0 Å². The van der Waals surface area contributed by atoms with Crippen molar-refractivity contribution in [1.82, 2.24) is 9.80 Å². The van der Waals surface area contributed by atoms with Crippen LogP contribution in [0.1, 0.15) is 45.5 Å². The maximum Gasteiger partial charge on any atom is 0.169 e. The fourth-order valence-electron chi connectivity index (χ4n) is 6.88. The molecule has 6 rings (SSSR count). The third kappa shape index (κ3) is 6.32. The van der Waals surface area contributed by atoms with Gasteiger partial charge in [-0.2, -0.15) is 0 Å². The Labute approximate surface area is 272 Å². The average molecular weight is 625 g/mol. The van der Waals surface area contributed by atoms with Crippen LogP contribution in [0.5, 0.6) is 40.2 Å². The standard InChI is InChI=1S/C38H44N2O6/c1-39-15-14-27-21-35(44-5)38(23-30(27)31(39)17-24-7-10-28(41)11-8-24)46-37-19-25(9-12-33(37)42-3)18-32-29-22-36(45-6)34(43-4)20-26(29)13-16-40(32)2/h7-12,19-23,31-32,41H,13-18H2,1-6H3/t31-,32-/m1/s1. The van der Waals surface area contributed by atoms with Gasteiger partial charge in [-0.15, -0.1) is 0 Å². The van der Waals surface area contributed by atoms with E-state index in [-0.39, 0.29) is 17.8 Å². The van der Waals surface area contributed by atoms with E-state index in [1.165, 1.54) is 27.8 Å². The molecule has 2 aliphatic rings. The van der Waals surface area contributed by atoms with Gasteiger partial charge in [-0.3, -0.25) is 9.80 Å². The van der Waals surface area contributed by atoms with Gasteiger partial charge in [0, 0.05) is 25.2 Å². The van der Waals surface area contributed by atoms with E-state index in [0.717, 1.165) is 55.8 Å². The van der Waals surface area contributed by atoms with Crippen molar-refractivity contribution in [2.45, 2.75) is 37.8 Å². The van der Waals surface area contributed by atoms with Gasteiger partial charge in [0.05, 0.1) is 28.4 Å². The number of nitrogens with zero attached hydrogens (tertiary/aromatic N) is 2. The van der Waals surface area contributed by atoms with Crippen molar-refractivity contribution in [3.63, 3.8) is 0 Å². The molecular formula is C38H44N2O6. The predicted molar refractivity (Wildman–Crippen MR) is 179 cm³/mol. The number of ether oxygens (including phenoxy) is 5. The molecule has 0 aliphatic carbocycles. The second-order valence-corrected chi connectivity index (χ2v) is 12.3. The maximum atomic E-state index is 9.79. The maximum absolute atomic E-state index is 9.79. The Balaban J connectivity index is 1.32. The Kier molecular flexibility index (Phi) is 9.29. The number of likely N-dealkylation sites (N-methyl/N-ethyl adjacent to an activating group) is 2. The van der Waals surface area contributed by atoms with E-state index in [1.54, 1.807) is 40.6 Å². The summed E-state index contributed by atoms with van der Waals surface area (Å²) in [4.78, 5) is 4.78. The van der Waals surface area contributed by atoms with Gasteiger partial charge in [0.25, 0.3) is 0 Å². The molecule has 8 heteroatoms. The third-order valence-electron chi connectivity index (χ3n) is 9.56. The van der Waals surface area contributed by atoms with Crippen molar-refractivity contribution < 1.29 is 28.8 Å². The van der Waals surface area contributed by atoms with Crippen LogP contribution in [0.15, 0.2) is 66.7 Å². The van der Waals surface area contributed by atoms with Crippen molar-refractivity contribution in [2.75, 3.05) is 55.6 Å². The molecule has 46 heavy (non-hydrogen) atoms. The number of rotatable bonds is 10. The zero-order chi connectivity index (χ0) is 32.4. The number of hydrogen-bond acceptors (Lipinski definition) is 8. The number of phenols is 1. The Morgan fingerprint density at radius 3 is 1.59 bits per heavy atom. The molecule has 2 heterocycles. The molecule has 2 atom stereocenters. The summed E-state index contributed by atoms with van der Waals surface area (Å²) in [6.45, 7) is 1.91. The monoisotopic (exact) mass is 624 g/mol. The van der Waals surface area contributed by atoms with Crippen molar-refractivity contribution in [2.24, 2.45) is 0 Å². The predicted octanol–water partition coefficient (Wildman–Crippen LogP) is 6.76. The summed E-state index contributed by atoms with van der Waals surface area (Å²) in [6.07, 6.45) is 3.50. The summed E-state index contributed by atoms with van der Waals surface area (Å²) in [5.41, 5.74) is 7.33. The van der Waals surface area contributed by atoms with Crippen LogP contribution in [-0.2, 0) is 25.7 Å². The molecule has 2 aliphatic heterocycles.